The monoisotopic (exact) mass is 246 g/mol. The largest absolute Gasteiger partial charge is 0.300 e. The molecule has 2 aliphatic rings. The van der Waals surface area contributed by atoms with E-state index in [-0.39, 0.29) is 4.87 Å². The molecule has 0 amide bonds. The number of hydrogen-bond donors (Lipinski definition) is 1. The number of ketones is 1. The van der Waals surface area contributed by atoms with Crippen molar-refractivity contribution in [2.24, 2.45) is 5.10 Å². The van der Waals surface area contributed by atoms with Crippen LogP contribution in [0.3, 0.4) is 0 Å². The second kappa shape index (κ2) is 4.18. The second-order valence-corrected chi connectivity index (χ2v) is 5.90. The minimum absolute atomic E-state index is 0.0287. The van der Waals surface area contributed by atoms with Gasteiger partial charge in [-0.25, -0.2) is 0 Å². The van der Waals surface area contributed by atoms with E-state index in [1.54, 1.807) is 11.8 Å². The van der Waals surface area contributed by atoms with Gasteiger partial charge in [0.15, 0.2) is 0 Å². The highest BCUT2D eigenvalue weighted by molar-refractivity contribution is 8.15. The summed E-state index contributed by atoms with van der Waals surface area (Å²) >= 11 is 1.78. The molecule has 3 rings (SSSR count). The highest BCUT2D eigenvalue weighted by Crippen LogP contribution is 2.41. The van der Waals surface area contributed by atoms with E-state index in [4.69, 9.17) is 0 Å². The van der Waals surface area contributed by atoms with E-state index in [9.17, 15) is 4.79 Å². The van der Waals surface area contributed by atoms with Gasteiger partial charge in [-0.2, -0.15) is 5.10 Å². The number of carbonyl (C=O) groups is 1. The summed E-state index contributed by atoms with van der Waals surface area (Å²) in [6, 6.07) is 10.2. The first kappa shape index (κ1) is 10.8. The maximum Gasteiger partial charge on any atom is 0.133 e. The molecule has 1 heterocycles. The Hall–Kier alpha value is -1.29. The van der Waals surface area contributed by atoms with E-state index in [1.165, 1.54) is 0 Å². The van der Waals surface area contributed by atoms with Crippen LogP contribution in [0.5, 0.6) is 0 Å². The molecule has 1 aliphatic heterocycles. The molecule has 88 valence electrons. The number of nitrogens with one attached hydrogen (secondary N) is 1. The maximum absolute atomic E-state index is 11.3. The van der Waals surface area contributed by atoms with E-state index in [0.717, 1.165) is 23.4 Å². The van der Waals surface area contributed by atoms with Crippen LogP contribution in [0.25, 0.3) is 0 Å². The van der Waals surface area contributed by atoms with Crippen LogP contribution in [0.4, 0.5) is 0 Å². The molecule has 1 aromatic carbocycles. The zero-order valence-corrected chi connectivity index (χ0v) is 10.3. The molecule has 1 spiro atoms. The van der Waals surface area contributed by atoms with Crippen molar-refractivity contribution in [1.82, 2.24) is 5.43 Å². The molecule has 0 atom stereocenters. The van der Waals surface area contributed by atoms with Gasteiger partial charge >= 0.3 is 0 Å². The predicted octanol–water partition coefficient (Wildman–Crippen LogP) is 2.52. The predicted molar refractivity (Wildman–Crippen MR) is 69.9 cm³/mol. The van der Waals surface area contributed by atoms with Gasteiger partial charge in [0.1, 0.15) is 15.7 Å². The Labute approximate surface area is 105 Å². The molecule has 4 heteroatoms. The zero-order valence-electron chi connectivity index (χ0n) is 9.48. The van der Waals surface area contributed by atoms with Gasteiger partial charge < -0.3 is 0 Å². The van der Waals surface area contributed by atoms with Crippen molar-refractivity contribution in [3.8, 4) is 0 Å². The highest BCUT2D eigenvalue weighted by atomic mass is 32.2. The van der Waals surface area contributed by atoms with Crippen LogP contribution in [0.15, 0.2) is 35.4 Å². The van der Waals surface area contributed by atoms with Gasteiger partial charge in [-0.3, -0.25) is 10.2 Å². The summed E-state index contributed by atoms with van der Waals surface area (Å²) in [4.78, 5) is 11.3. The standard InChI is InChI=1S/C13H14N2OS/c16-11-6-8-13(9-7-11)15-14-12(17-13)10-4-2-1-3-5-10/h1-5,15H,6-9H2. The van der Waals surface area contributed by atoms with Gasteiger partial charge in [0.05, 0.1) is 0 Å². The molecule has 1 aromatic rings. The lowest BCUT2D eigenvalue weighted by atomic mass is 9.94. The van der Waals surface area contributed by atoms with Crippen LogP contribution in [0.1, 0.15) is 31.2 Å². The van der Waals surface area contributed by atoms with Crippen LogP contribution in [-0.2, 0) is 4.79 Å². The molecule has 0 aromatic heterocycles. The van der Waals surface area contributed by atoms with Crippen molar-refractivity contribution >= 4 is 22.6 Å². The molecule has 1 N–H and O–H groups in total. The van der Waals surface area contributed by atoms with E-state index >= 15 is 0 Å². The van der Waals surface area contributed by atoms with Crippen molar-refractivity contribution in [3.05, 3.63) is 35.9 Å². The Morgan fingerprint density at radius 3 is 2.59 bits per heavy atom. The van der Waals surface area contributed by atoms with E-state index in [2.05, 4.69) is 22.7 Å². The van der Waals surface area contributed by atoms with E-state index < -0.39 is 0 Å². The number of hydrogen-bond acceptors (Lipinski definition) is 4. The van der Waals surface area contributed by atoms with Crippen molar-refractivity contribution in [2.45, 2.75) is 30.6 Å². The summed E-state index contributed by atoms with van der Waals surface area (Å²) in [6.07, 6.45) is 3.13. The normalized spacial score (nSPS) is 22.4. The highest BCUT2D eigenvalue weighted by Gasteiger charge is 2.40. The SMILES string of the molecule is O=C1CCC2(CC1)NN=C(c1ccccc1)S2. The van der Waals surface area contributed by atoms with Gasteiger partial charge in [-0.15, -0.1) is 0 Å². The lowest BCUT2D eigenvalue weighted by Gasteiger charge is -2.30. The second-order valence-electron chi connectivity index (χ2n) is 4.53. The average molecular weight is 246 g/mol. The molecule has 3 nitrogen and oxygen atoms in total. The number of carbonyl (C=O) groups excluding carboxylic acids is 1. The fraction of sp³-hybridized carbons (Fsp3) is 0.385. The Balaban J connectivity index is 1.75. The third kappa shape index (κ3) is 2.09. The first-order chi connectivity index (χ1) is 8.27. The van der Waals surface area contributed by atoms with Crippen molar-refractivity contribution in [3.63, 3.8) is 0 Å². The number of Topliss-reactive ketones (excluding diaryl/α,β-unsaturated/α-hetero) is 1. The van der Waals surface area contributed by atoms with Gasteiger partial charge in [-0.05, 0) is 12.8 Å². The quantitative estimate of drug-likeness (QED) is 0.828. The Morgan fingerprint density at radius 1 is 1.18 bits per heavy atom. The lowest BCUT2D eigenvalue weighted by molar-refractivity contribution is -0.120. The van der Waals surface area contributed by atoms with E-state index in [0.29, 0.717) is 18.6 Å². The third-order valence-corrected chi connectivity index (χ3v) is 4.70. The number of rotatable bonds is 1. The number of benzene rings is 1. The number of thioether (sulfide) groups is 1. The van der Waals surface area contributed by atoms with Crippen LogP contribution in [0.2, 0.25) is 0 Å². The molecule has 0 radical (unpaired) electrons. The first-order valence-corrected chi connectivity index (χ1v) is 6.70. The van der Waals surface area contributed by atoms with E-state index in [1.807, 2.05) is 18.2 Å². The number of nitrogens with zero attached hydrogens (tertiary/aromatic N) is 1. The van der Waals surface area contributed by atoms with Gasteiger partial charge in [0.2, 0.25) is 0 Å². The summed E-state index contributed by atoms with van der Waals surface area (Å²) in [5, 5.41) is 5.47. The molecule has 0 saturated heterocycles. The average Bonchev–Trinajstić information content (AvgIpc) is 2.79. The van der Waals surface area contributed by atoms with Crippen molar-refractivity contribution in [1.29, 1.82) is 0 Å². The maximum atomic E-state index is 11.3. The molecule has 1 saturated carbocycles. The van der Waals surface area contributed by atoms with Crippen LogP contribution < -0.4 is 5.43 Å². The summed E-state index contributed by atoms with van der Waals surface area (Å²) in [7, 11) is 0. The summed E-state index contributed by atoms with van der Waals surface area (Å²) in [6.45, 7) is 0. The molecule has 17 heavy (non-hydrogen) atoms. The zero-order chi connectivity index (χ0) is 11.7. The molecule has 0 unspecified atom stereocenters. The first-order valence-electron chi connectivity index (χ1n) is 5.88. The summed E-state index contributed by atoms with van der Waals surface area (Å²) < 4.78 is 0. The van der Waals surface area contributed by atoms with Crippen molar-refractivity contribution in [2.75, 3.05) is 0 Å². The smallest absolute Gasteiger partial charge is 0.133 e. The van der Waals surface area contributed by atoms with Crippen molar-refractivity contribution < 1.29 is 4.79 Å². The fourth-order valence-electron chi connectivity index (χ4n) is 2.23. The van der Waals surface area contributed by atoms with Gasteiger partial charge in [0, 0.05) is 18.4 Å². The Morgan fingerprint density at radius 2 is 1.88 bits per heavy atom. The molecule has 1 aliphatic carbocycles. The summed E-state index contributed by atoms with van der Waals surface area (Å²) in [5.74, 6) is 0.381. The molecule has 0 bridgehead atoms. The van der Waals surface area contributed by atoms with Gasteiger partial charge in [0.25, 0.3) is 0 Å². The molecule has 1 fully saturated rings. The Kier molecular flexibility index (Phi) is 2.67. The topological polar surface area (TPSA) is 41.5 Å². The lowest BCUT2D eigenvalue weighted by Crippen LogP contribution is -2.39. The Bertz CT molecular complexity index is 460. The molecular formula is C13H14N2OS. The molecular weight excluding hydrogens is 232 g/mol. The third-order valence-electron chi connectivity index (χ3n) is 3.29. The minimum Gasteiger partial charge on any atom is -0.300 e. The minimum atomic E-state index is -0.0287. The van der Waals surface area contributed by atoms with Crippen LogP contribution in [-0.4, -0.2) is 15.7 Å². The van der Waals surface area contributed by atoms with Crippen LogP contribution in [0, 0.1) is 0 Å². The van der Waals surface area contributed by atoms with Gasteiger partial charge in [-0.1, -0.05) is 42.1 Å². The fourth-order valence-corrected chi connectivity index (χ4v) is 3.45. The van der Waals surface area contributed by atoms with Crippen LogP contribution >= 0.6 is 11.8 Å². The number of hydrazone groups is 1. The summed E-state index contributed by atoms with van der Waals surface area (Å²) in [5.41, 5.74) is 4.39.